The van der Waals surface area contributed by atoms with Crippen molar-refractivity contribution >= 4 is 33.7 Å². The molecule has 0 aliphatic rings. The molecule has 5 nitrogen and oxygen atoms in total. The zero-order valence-corrected chi connectivity index (χ0v) is 18.3. The lowest BCUT2D eigenvalue weighted by Crippen LogP contribution is -2.41. The SMILES string of the molecule is CC(C)[C@H](NP(=O)([Si])Oc1cccc2ccccc12)C(=O)OCc1ccccc1. The second-order valence-electron chi connectivity index (χ2n) is 7.06. The summed E-state index contributed by atoms with van der Waals surface area (Å²) in [6, 6.07) is 21.8. The van der Waals surface area contributed by atoms with Gasteiger partial charge >= 0.3 is 5.97 Å². The van der Waals surface area contributed by atoms with Gasteiger partial charge in [0.25, 0.3) is 7.07 Å². The summed E-state index contributed by atoms with van der Waals surface area (Å²) in [4.78, 5) is 12.6. The first-order valence-electron chi connectivity index (χ1n) is 9.36. The van der Waals surface area contributed by atoms with Crippen LogP contribution in [0.5, 0.6) is 5.75 Å². The van der Waals surface area contributed by atoms with E-state index in [9.17, 15) is 9.36 Å². The van der Waals surface area contributed by atoms with Crippen molar-refractivity contribution < 1.29 is 18.6 Å². The van der Waals surface area contributed by atoms with Crippen LogP contribution >= 0.6 is 7.07 Å². The Labute approximate surface area is 174 Å². The summed E-state index contributed by atoms with van der Waals surface area (Å²) in [7, 11) is -0.309. The van der Waals surface area contributed by atoms with Crippen LogP contribution in [0.3, 0.4) is 0 Å². The van der Waals surface area contributed by atoms with Crippen LogP contribution in [0.4, 0.5) is 0 Å². The Kier molecular flexibility index (Phi) is 6.90. The first-order valence-corrected chi connectivity index (χ1v) is 12.3. The molecular formula is C22H23NO4PSi. The Hall–Kier alpha value is -2.40. The number of rotatable bonds is 8. The van der Waals surface area contributed by atoms with Crippen molar-refractivity contribution in [2.24, 2.45) is 5.92 Å². The monoisotopic (exact) mass is 424 g/mol. The molecule has 29 heavy (non-hydrogen) atoms. The molecule has 0 saturated heterocycles. The predicted molar refractivity (Wildman–Crippen MR) is 116 cm³/mol. The molecule has 7 heteroatoms. The van der Waals surface area contributed by atoms with Gasteiger partial charge in [0.2, 0.25) is 9.91 Å². The Bertz CT molecular complexity index is 1020. The van der Waals surface area contributed by atoms with Crippen molar-refractivity contribution in [3.63, 3.8) is 0 Å². The van der Waals surface area contributed by atoms with Crippen LogP contribution < -0.4 is 9.61 Å². The minimum absolute atomic E-state index is 0.154. The molecule has 0 aliphatic carbocycles. The van der Waals surface area contributed by atoms with E-state index in [-0.39, 0.29) is 12.5 Å². The molecule has 0 fully saturated rings. The fourth-order valence-corrected chi connectivity index (χ4v) is 4.89. The predicted octanol–water partition coefficient (Wildman–Crippen LogP) is 4.85. The van der Waals surface area contributed by atoms with Crippen LogP contribution in [-0.4, -0.2) is 21.9 Å². The van der Waals surface area contributed by atoms with Gasteiger partial charge in [0.05, 0.1) is 0 Å². The van der Waals surface area contributed by atoms with Gasteiger partial charge in [-0.05, 0) is 22.9 Å². The average molecular weight is 424 g/mol. The number of carbonyl (C=O) groups excluding carboxylic acids is 1. The van der Waals surface area contributed by atoms with E-state index in [1.54, 1.807) is 6.07 Å². The van der Waals surface area contributed by atoms with Crippen LogP contribution in [0.25, 0.3) is 10.8 Å². The minimum atomic E-state index is -3.52. The fraction of sp³-hybridized carbons (Fsp3) is 0.227. The standard InChI is InChI=1S/C22H23NO4PSi/c1-16(2)21(22(24)26-15-17-9-4-3-5-10-17)23-28(25,29)27-20-14-8-12-18-11-6-7-13-19(18)20/h3-14,16,21H,15H2,1-2H3,(H,23,25)/t21-,28?/m0/s1. The molecule has 2 atom stereocenters. The highest BCUT2D eigenvalue weighted by Gasteiger charge is 2.31. The van der Waals surface area contributed by atoms with Gasteiger partial charge in [0.15, 0.2) is 0 Å². The van der Waals surface area contributed by atoms with Gasteiger partial charge < -0.3 is 9.26 Å². The van der Waals surface area contributed by atoms with E-state index in [0.29, 0.717) is 5.75 Å². The van der Waals surface area contributed by atoms with Gasteiger partial charge in [-0.1, -0.05) is 80.6 Å². The molecule has 149 valence electrons. The Morgan fingerprint density at radius 2 is 1.66 bits per heavy atom. The number of hydrogen-bond acceptors (Lipinski definition) is 4. The number of nitrogens with one attached hydrogen (secondary N) is 1. The molecule has 3 aromatic rings. The zero-order chi connectivity index (χ0) is 20.9. The smallest absolute Gasteiger partial charge is 0.324 e. The molecule has 0 saturated carbocycles. The lowest BCUT2D eigenvalue weighted by Gasteiger charge is -2.25. The average Bonchev–Trinajstić information content (AvgIpc) is 2.71. The maximum atomic E-state index is 13.1. The van der Waals surface area contributed by atoms with E-state index in [0.717, 1.165) is 16.3 Å². The number of ether oxygens (including phenoxy) is 1. The van der Waals surface area contributed by atoms with E-state index in [2.05, 4.69) is 15.0 Å². The van der Waals surface area contributed by atoms with Crippen LogP contribution in [0.1, 0.15) is 19.4 Å². The van der Waals surface area contributed by atoms with Crippen LogP contribution in [0.2, 0.25) is 0 Å². The minimum Gasteiger partial charge on any atom is -0.460 e. The van der Waals surface area contributed by atoms with Crippen molar-refractivity contribution in [3.8, 4) is 5.75 Å². The lowest BCUT2D eigenvalue weighted by molar-refractivity contribution is -0.148. The van der Waals surface area contributed by atoms with Crippen molar-refractivity contribution in [2.75, 3.05) is 0 Å². The molecule has 0 aromatic heterocycles. The summed E-state index contributed by atoms with van der Waals surface area (Å²) in [6.07, 6.45) is 0. The Morgan fingerprint density at radius 3 is 2.38 bits per heavy atom. The fourth-order valence-electron chi connectivity index (χ4n) is 2.92. The number of hydrogen-bond donors (Lipinski definition) is 1. The van der Waals surface area contributed by atoms with E-state index >= 15 is 0 Å². The van der Waals surface area contributed by atoms with Gasteiger partial charge in [0.1, 0.15) is 18.4 Å². The van der Waals surface area contributed by atoms with E-state index in [4.69, 9.17) is 9.26 Å². The summed E-state index contributed by atoms with van der Waals surface area (Å²) in [5.74, 6) is -0.169. The maximum absolute atomic E-state index is 13.1. The van der Waals surface area contributed by atoms with Crippen molar-refractivity contribution in [1.29, 1.82) is 0 Å². The summed E-state index contributed by atoms with van der Waals surface area (Å²) >= 11 is 0. The maximum Gasteiger partial charge on any atom is 0.324 e. The molecule has 0 heterocycles. The number of carbonyl (C=O) groups is 1. The topological polar surface area (TPSA) is 64.6 Å². The Balaban J connectivity index is 1.71. The summed E-state index contributed by atoms with van der Waals surface area (Å²) in [5.41, 5.74) is 0.886. The largest absolute Gasteiger partial charge is 0.460 e. The van der Waals surface area contributed by atoms with Gasteiger partial charge in [-0.25, -0.2) is 5.09 Å². The number of esters is 1. The lowest BCUT2D eigenvalue weighted by atomic mass is 10.1. The Morgan fingerprint density at radius 1 is 1.00 bits per heavy atom. The normalized spacial score (nSPS) is 14.3. The van der Waals surface area contributed by atoms with Crippen molar-refractivity contribution in [1.82, 2.24) is 5.09 Å². The first-order chi connectivity index (χ1) is 13.9. The highest BCUT2D eigenvalue weighted by molar-refractivity contribution is 7.82. The third kappa shape index (κ3) is 5.79. The van der Waals surface area contributed by atoms with Crippen LogP contribution in [-0.2, 0) is 20.7 Å². The summed E-state index contributed by atoms with van der Waals surface area (Å²) in [6.45, 7) is 3.86. The van der Waals surface area contributed by atoms with Gasteiger partial charge in [-0.2, -0.15) is 0 Å². The van der Waals surface area contributed by atoms with Gasteiger partial charge in [-0.3, -0.25) is 9.36 Å². The summed E-state index contributed by atoms with van der Waals surface area (Å²) < 4.78 is 24.3. The van der Waals surface area contributed by atoms with E-state index in [1.165, 1.54) is 0 Å². The quantitative estimate of drug-likeness (QED) is 0.318. The molecule has 3 radical (unpaired) electrons. The third-order valence-corrected chi connectivity index (χ3v) is 6.16. The molecular weight excluding hydrogens is 401 g/mol. The zero-order valence-electron chi connectivity index (χ0n) is 16.4. The van der Waals surface area contributed by atoms with Crippen molar-refractivity contribution in [3.05, 3.63) is 78.4 Å². The molecule has 0 spiro atoms. The van der Waals surface area contributed by atoms with Crippen molar-refractivity contribution in [2.45, 2.75) is 26.5 Å². The highest BCUT2D eigenvalue weighted by atomic mass is 31.4. The first kappa shape index (κ1) is 21.3. The van der Waals surface area contributed by atoms with Crippen LogP contribution in [0, 0.1) is 5.92 Å². The molecule has 0 amide bonds. The molecule has 0 bridgehead atoms. The van der Waals surface area contributed by atoms with Gasteiger partial charge in [-0.15, -0.1) is 0 Å². The molecule has 3 rings (SSSR count). The third-order valence-electron chi connectivity index (χ3n) is 4.43. The van der Waals surface area contributed by atoms with E-state index < -0.39 is 19.1 Å². The molecule has 0 aliphatic heterocycles. The molecule has 1 N–H and O–H groups in total. The summed E-state index contributed by atoms with van der Waals surface area (Å²) in [5, 5.41) is 4.62. The molecule has 1 unspecified atom stereocenters. The highest BCUT2D eigenvalue weighted by Crippen LogP contribution is 2.41. The second kappa shape index (κ2) is 9.40. The van der Waals surface area contributed by atoms with Gasteiger partial charge in [0, 0.05) is 5.39 Å². The number of fused-ring (bicyclic) bond motifs is 1. The number of benzene rings is 3. The van der Waals surface area contributed by atoms with E-state index in [1.807, 2.05) is 80.6 Å². The second-order valence-corrected chi connectivity index (χ2v) is 10.4. The molecule has 3 aromatic carbocycles. The van der Waals surface area contributed by atoms with Crippen LogP contribution in [0.15, 0.2) is 72.8 Å².